The van der Waals surface area contributed by atoms with Gasteiger partial charge >= 0.3 is 8.69 Å². The molecule has 5 heavy (non-hydrogen) atoms. The van der Waals surface area contributed by atoms with E-state index in [2.05, 4.69) is 0 Å². The van der Waals surface area contributed by atoms with Gasteiger partial charge in [-0.2, -0.15) is 0 Å². The monoisotopic (exact) mass is 181 g/mol. The molecule has 0 bridgehead atoms. The summed E-state index contributed by atoms with van der Waals surface area (Å²) in [6.07, 6.45) is 0. The van der Waals surface area contributed by atoms with E-state index in [-0.39, 0.29) is 33.3 Å². The fraction of sp³-hybridized carbons (Fsp3) is 0. The van der Waals surface area contributed by atoms with E-state index in [1.165, 1.54) is 0 Å². The second-order valence-corrected chi connectivity index (χ2v) is 0.245. The Morgan fingerprint density at radius 1 is 1.60 bits per heavy atom. The summed E-state index contributed by atoms with van der Waals surface area (Å²) in [4.78, 5) is 6.99. The Bertz CT molecular complexity index is 17.1. The molecule has 0 atom stereocenters. The van der Waals surface area contributed by atoms with Crippen molar-refractivity contribution in [2.75, 3.05) is 0 Å². The Balaban J connectivity index is -0.0000000200. The molecule has 0 saturated carbocycles. The van der Waals surface area contributed by atoms with Crippen molar-refractivity contribution in [3.8, 4) is 0 Å². The van der Waals surface area contributed by atoms with Crippen molar-refractivity contribution in [2.45, 2.75) is 0 Å². The van der Waals surface area contributed by atoms with Crippen molar-refractivity contribution in [1.82, 2.24) is 0 Å². The SMILES string of the molecule is O=PO.[Co].[Ni]. The molecular formula is HCoNiO2P. The summed E-state index contributed by atoms with van der Waals surface area (Å²) in [5.74, 6) is 0. The third-order valence-corrected chi connectivity index (χ3v) is 0. The van der Waals surface area contributed by atoms with Crippen LogP contribution in [0.1, 0.15) is 0 Å². The predicted molar refractivity (Wildman–Crippen MR) is 9.83 cm³/mol. The predicted octanol–water partition coefficient (Wildman–Crippen LogP) is 0.180. The minimum atomic E-state index is -0.833. The van der Waals surface area contributed by atoms with Crippen LogP contribution >= 0.6 is 8.69 Å². The van der Waals surface area contributed by atoms with E-state index in [1.54, 1.807) is 0 Å². The Morgan fingerprint density at radius 2 is 1.60 bits per heavy atom. The molecule has 0 heterocycles. The maximum Gasteiger partial charge on any atom is 0.324 e. The largest absolute Gasteiger partial charge is 0.324 e. The third kappa shape index (κ3) is 42.2. The van der Waals surface area contributed by atoms with Crippen molar-refractivity contribution in [2.24, 2.45) is 0 Å². The summed E-state index contributed by atoms with van der Waals surface area (Å²) in [5.41, 5.74) is 0. The van der Waals surface area contributed by atoms with Crippen LogP contribution in [0.5, 0.6) is 0 Å². The fourth-order valence-corrected chi connectivity index (χ4v) is 0. The molecule has 0 aromatic carbocycles. The first kappa shape index (κ1) is 16.6. The van der Waals surface area contributed by atoms with Gasteiger partial charge in [-0.15, -0.1) is 0 Å². The molecule has 0 rings (SSSR count). The Hall–Kier alpha value is 1.06. The van der Waals surface area contributed by atoms with Crippen LogP contribution < -0.4 is 0 Å². The minimum Gasteiger partial charge on any atom is -0.310 e. The van der Waals surface area contributed by atoms with Gasteiger partial charge in [0.1, 0.15) is 0 Å². The molecule has 0 amide bonds. The molecule has 0 aromatic rings. The standard InChI is InChI=1S/Co.Ni.HO2P/c;;1-3-2/h;;(H,1,2). The van der Waals surface area contributed by atoms with E-state index in [0.717, 1.165) is 0 Å². The van der Waals surface area contributed by atoms with E-state index < -0.39 is 8.69 Å². The molecule has 1 N–H and O–H groups in total. The molecule has 0 aromatic heterocycles. The summed E-state index contributed by atoms with van der Waals surface area (Å²) < 4.78 is 8.46. The first-order valence-electron chi connectivity index (χ1n) is 0.383. The maximum absolute atomic E-state index is 8.46. The van der Waals surface area contributed by atoms with Gasteiger partial charge in [0.25, 0.3) is 0 Å². The molecule has 5 heteroatoms. The van der Waals surface area contributed by atoms with Gasteiger partial charge in [0.2, 0.25) is 0 Å². The van der Waals surface area contributed by atoms with Crippen LogP contribution in [0.3, 0.4) is 0 Å². The third-order valence-electron chi connectivity index (χ3n) is 0. The Morgan fingerprint density at radius 3 is 1.60 bits per heavy atom. The van der Waals surface area contributed by atoms with Gasteiger partial charge in [0.05, 0.1) is 0 Å². The molecule has 0 aliphatic carbocycles. The number of hydrogen-bond acceptors (Lipinski definition) is 1. The van der Waals surface area contributed by atoms with Gasteiger partial charge in [-0.05, 0) is 0 Å². The van der Waals surface area contributed by atoms with Gasteiger partial charge in [-0.25, -0.2) is 4.57 Å². The van der Waals surface area contributed by atoms with Gasteiger partial charge in [-0.3, -0.25) is 0 Å². The van der Waals surface area contributed by atoms with Crippen LogP contribution in [0.2, 0.25) is 0 Å². The minimum absolute atomic E-state index is 0. The van der Waals surface area contributed by atoms with Crippen molar-refractivity contribution in [3.63, 3.8) is 0 Å². The zero-order valence-corrected chi connectivity index (χ0v) is 4.88. The van der Waals surface area contributed by atoms with Crippen molar-refractivity contribution in [3.05, 3.63) is 0 Å². The van der Waals surface area contributed by atoms with Gasteiger partial charge in [0.15, 0.2) is 0 Å². The molecule has 1 radical (unpaired) electrons. The first-order valence-corrected chi connectivity index (χ1v) is 1.15. The van der Waals surface area contributed by atoms with Crippen LogP contribution in [0, 0.1) is 0 Å². The van der Waals surface area contributed by atoms with Crippen molar-refractivity contribution >= 4 is 8.69 Å². The topological polar surface area (TPSA) is 37.3 Å². The van der Waals surface area contributed by atoms with Crippen LogP contribution in [0.4, 0.5) is 0 Å². The Kier molecular flexibility index (Phi) is 65.1. The van der Waals surface area contributed by atoms with Crippen LogP contribution in [0.25, 0.3) is 0 Å². The maximum atomic E-state index is 8.46. The molecule has 2 nitrogen and oxygen atoms in total. The summed E-state index contributed by atoms with van der Waals surface area (Å²) in [5, 5.41) is 0. The van der Waals surface area contributed by atoms with Crippen molar-refractivity contribution < 1.29 is 42.7 Å². The summed E-state index contributed by atoms with van der Waals surface area (Å²) in [7, 11) is -0.833. The molecular weight excluding hydrogens is 181 g/mol. The van der Waals surface area contributed by atoms with Crippen LogP contribution in [-0.4, -0.2) is 4.89 Å². The van der Waals surface area contributed by atoms with Gasteiger partial charge in [-0.1, -0.05) is 0 Å². The molecule has 0 aliphatic heterocycles. The quantitative estimate of drug-likeness (QED) is 0.428. The smallest absolute Gasteiger partial charge is 0.310 e. The van der Waals surface area contributed by atoms with E-state index >= 15 is 0 Å². The van der Waals surface area contributed by atoms with Crippen molar-refractivity contribution in [1.29, 1.82) is 0 Å². The summed E-state index contributed by atoms with van der Waals surface area (Å²) in [6, 6.07) is 0. The average molecular weight is 182 g/mol. The zero-order chi connectivity index (χ0) is 2.71. The van der Waals surface area contributed by atoms with Crippen LogP contribution in [-0.2, 0) is 37.8 Å². The molecule has 0 saturated heterocycles. The fourth-order valence-electron chi connectivity index (χ4n) is 0. The number of rotatable bonds is 0. The zero-order valence-electron chi connectivity index (χ0n) is 1.95. The first-order chi connectivity index (χ1) is 1.41. The summed E-state index contributed by atoms with van der Waals surface area (Å²) in [6.45, 7) is 0. The van der Waals surface area contributed by atoms with Gasteiger partial charge < -0.3 is 4.89 Å². The molecule has 0 unspecified atom stereocenters. The second-order valence-electron chi connectivity index (χ2n) is 0.0816. The second kappa shape index (κ2) is 19.7. The number of hydrogen-bond donors (Lipinski definition) is 1. The molecule has 0 aliphatic rings. The van der Waals surface area contributed by atoms with E-state index in [9.17, 15) is 0 Å². The Labute approximate surface area is 51.7 Å². The van der Waals surface area contributed by atoms with Crippen LogP contribution in [0.15, 0.2) is 0 Å². The molecule has 0 spiro atoms. The molecule has 0 fully saturated rings. The average Bonchev–Trinajstić information content (AvgIpc) is 0.918. The normalized spacial score (nSPS) is 4.20. The summed E-state index contributed by atoms with van der Waals surface area (Å²) >= 11 is 0. The van der Waals surface area contributed by atoms with E-state index in [1.807, 2.05) is 0 Å². The van der Waals surface area contributed by atoms with Gasteiger partial charge in [0, 0.05) is 33.3 Å². The molecule has 37 valence electrons. The van der Waals surface area contributed by atoms with E-state index in [0.29, 0.717) is 0 Å². The van der Waals surface area contributed by atoms with E-state index in [4.69, 9.17) is 9.46 Å².